The van der Waals surface area contributed by atoms with Crippen LogP contribution in [0.15, 0.2) is 24.3 Å². The SMILES string of the molecule is N[C@@H](CN(Cc1ccc(C[SH](=O)=O)cc1)S(N)(=O)=O)C(=O)O. The molecular weight excluding hydrogens is 334 g/mol. The second-order valence-corrected chi connectivity index (χ2v) is 7.12. The van der Waals surface area contributed by atoms with E-state index in [4.69, 9.17) is 16.0 Å². The van der Waals surface area contributed by atoms with Crippen LogP contribution in [0, 0.1) is 0 Å². The molecule has 5 N–H and O–H groups in total. The lowest BCUT2D eigenvalue weighted by Crippen LogP contribution is -2.47. The molecule has 1 aromatic carbocycles. The van der Waals surface area contributed by atoms with E-state index in [0.29, 0.717) is 11.1 Å². The van der Waals surface area contributed by atoms with Crippen molar-refractivity contribution in [2.75, 3.05) is 6.54 Å². The van der Waals surface area contributed by atoms with E-state index in [1.807, 2.05) is 0 Å². The number of carboxylic acid groups (broad SMARTS) is 1. The van der Waals surface area contributed by atoms with Crippen molar-refractivity contribution in [3.05, 3.63) is 35.4 Å². The molecule has 0 bridgehead atoms. The largest absolute Gasteiger partial charge is 0.480 e. The molecule has 0 aliphatic heterocycles. The molecule has 0 saturated heterocycles. The molecule has 0 radical (unpaired) electrons. The average Bonchev–Trinajstić information content (AvgIpc) is 2.38. The van der Waals surface area contributed by atoms with Crippen molar-refractivity contribution < 1.29 is 26.7 Å². The summed E-state index contributed by atoms with van der Waals surface area (Å²) < 4.78 is 44.9. The first-order valence-corrected chi connectivity index (χ1v) is 8.92. The highest BCUT2D eigenvalue weighted by atomic mass is 32.2. The average molecular weight is 351 g/mol. The zero-order valence-electron chi connectivity index (χ0n) is 11.5. The normalized spacial score (nSPS) is 13.5. The van der Waals surface area contributed by atoms with Crippen LogP contribution >= 0.6 is 0 Å². The Bertz CT molecular complexity index is 691. The number of thiol groups is 1. The monoisotopic (exact) mass is 351 g/mol. The summed E-state index contributed by atoms with van der Waals surface area (Å²) in [7, 11) is -6.68. The number of rotatable bonds is 8. The number of aliphatic carboxylic acids is 1. The maximum atomic E-state index is 11.5. The fraction of sp³-hybridized carbons (Fsp3) is 0.364. The van der Waals surface area contributed by atoms with Crippen LogP contribution in [0.2, 0.25) is 0 Å². The van der Waals surface area contributed by atoms with Gasteiger partial charge in [0.05, 0.1) is 5.75 Å². The molecule has 11 heteroatoms. The highest BCUT2D eigenvalue weighted by Gasteiger charge is 2.24. The van der Waals surface area contributed by atoms with Crippen molar-refractivity contribution in [3.8, 4) is 0 Å². The van der Waals surface area contributed by atoms with Gasteiger partial charge in [-0.25, -0.2) is 13.6 Å². The van der Waals surface area contributed by atoms with Crippen LogP contribution in [-0.2, 0) is 38.0 Å². The van der Waals surface area contributed by atoms with Gasteiger partial charge in [0.15, 0.2) is 0 Å². The van der Waals surface area contributed by atoms with Crippen molar-refractivity contribution in [1.82, 2.24) is 4.31 Å². The van der Waals surface area contributed by atoms with Crippen molar-refractivity contribution in [3.63, 3.8) is 0 Å². The van der Waals surface area contributed by atoms with Crippen LogP contribution in [0.3, 0.4) is 0 Å². The maximum absolute atomic E-state index is 11.5. The predicted molar refractivity (Wildman–Crippen MR) is 79.6 cm³/mol. The number of carboxylic acids is 1. The van der Waals surface area contributed by atoms with Crippen molar-refractivity contribution in [2.24, 2.45) is 10.9 Å². The Morgan fingerprint density at radius 2 is 1.73 bits per heavy atom. The molecule has 0 aliphatic rings. The summed E-state index contributed by atoms with van der Waals surface area (Å²) in [6.45, 7) is -0.633. The maximum Gasteiger partial charge on any atom is 0.321 e. The first kappa shape index (κ1) is 18.5. The molecule has 0 aromatic heterocycles. The van der Waals surface area contributed by atoms with Gasteiger partial charge in [-0.3, -0.25) is 4.79 Å². The smallest absolute Gasteiger partial charge is 0.321 e. The Morgan fingerprint density at radius 1 is 1.23 bits per heavy atom. The van der Waals surface area contributed by atoms with E-state index in [0.717, 1.165) is 4.31 Å². The lowest BCUT2D eigenvalue weighted by atomic mass is 10.1. The Hall–Kier alpha value is -1.53. The Kier molecular flexibility index (Phi) is 6.44. The van der Waals surface area contributed by atoms with Gasteiger partial charge in [-0.2, -0.15) is 12.7 Å². The first-order chi connectivity index (χ1) is 10.1. The third kappa shape index (κ3) is 6.07. The van der Waals surface area contributed by atoms with Crippen molar-refractivity contribution >= 4 is 26.9 Å². The van der Waals surface area contributed by atoms with E-state index >= 15 is 0 Å². The van der Waals surface area contributed by atoms with Crippen molar-refractivity contribution in [2.45, 2.75) is 18.3 Å². The number of nitrogens with zero attached hydrogens (tertiary/aromatic N) is 1. The molecule has 0 saturated carbocycles. The standard InChI is InChI=1S/C11H17N3O6S2/c12-10(11(15)16)6-14(22(13,19)20)5-8-1-3-9(4-2-8)7-21(17)18/h1-4,10,21H,5-7,12H2,(H,15,16)(H2,13,19,20)/t10-/m0/s1. The van der Waals surface area contributed by atoms with E-state index in [-0.39, 0.29) is 12.3 Å². The number of carbonyl (C=O) groups is 1. The van der Waals surface area contributed by atoms with Crippen LogP contribution in [0.4, 0.5) is 0 Å². The number of nitrogens with two attached hydrogens (primary N) is 2. The number of hydrogen-bond donors (Lipinski definition) is 4. The first-order valence-electron chi connectivity index (χ1n) is 6.05. The highest BCUT2D eigenvalue weighted by molar-refractivity contribution is 7.86. The summed E-state index contributed by atoms with van der Waals surface area (Å²) in [5.74, 6) is -1.46. The molecule has 0 aliphatic carbocycles. The van der Waals surface area contributed by atoms with Gasteiger partial charge in [-0.05, 0) is 11.1 Å². The van der Waals surface area contributed by atoms with Gasteiger partial charge in [-0.1, -0.05) is 24.3 Å². The zero-order valence-corrected chi connectivity index (χ0v) is 13.2. The third-order valence-electron chi connectivity index (χ3n) is 2.77. The van der Waals surface area contributed by atoms with Gasteiger partial charge >= 0.3 is 5.97 Å². The van der Waals surface area contributed by atoms with Crippen LogP contribution in [0.25, 0.3) is 0 Å². The summed E-state index contributed by atoms with van der Waals surface area (Å²) in [6.07, 6.45) is 0. The molecule has 0 spiro atoms. The summed E-state index contributed by atoms with van der Waals surface area (Å²) in [5.41, 5.74) is 6.40. The topological polar surface area (TPSA) is 161 Å². The summed E-state index contributed by atoms with van der Waals surface area (Å²) in [5, 5.41) is 13.8. The van der Waals surface area contributed by atoms with E-state index in [1.54, 1.807) is 24.3 Å². The van der Waals surface area contributed by atoms with E-state index in [1.165, 1.54) is 0 Å². The summed E-state index contributed by atoms with van der Waals surface area (Å²) >= 11 is 0. The Balaban J connectivity index is 2.88. The van der Waals surface area contributed by atoms with E-state index in [2.05, 4.69) is 0 Å². The molecule has 0 fully saturated rings. The molecule has 1 atom stereocenters. The number of benzene rings is 1. The number of hydrogen-bond acceptors (Lipinski definition) is 6. The molecule has 1 rings (SSSR count). The fourth-order valence-electron chi connectivity index (χ4n) is 1.66. The van der Waals surface area contributed by atoms with Gasteiger partial charge in [-0.15, -0.1) is 0 Å². The van der Waals surface area contributed by atoms with Gasteiger partial charge < -0.3 is 10.8 Å². The minimum atomic E-state index is -4.13. The van der Waals surface area contributed by atoms with Crippen molar-refractivity contribution in [1.29, 1.82) is 0 Å². The lowest BCUT2D eigenvalue weighted by Gasteiger charge is -2.21. The van der Waals surface area contributed by atoms with Crippen LogP contribution < -0.4 is 10.9 Å². The minimum Gasteiger partial charge on any atom is -0.480 e. The molecule has 0 amide bonds. The van der Waals surface area contributed by atoms with Gasteiger partial charge in [0, 0.05) is 13.1 Å². The molecule has 1 aromatic rings. The molecular formula is C11H17N3O6S2. The molecule has 124 valence electrons. The second-order valence-electron chi connectivity index (χ2n) is 4.59. The molecule has 0 heterocycles. The Labute approximate surface area is 129 Å². The van der Waals surface area contributed by atoms with Crippen LogP contribution in [0.5, 0.6) is 0 Å². The van der Waals surface area contributed by atoms with E-state index in [9.17, 15) is 21.6 Å². The molecule has 0 unspecified atom stereocenters. The van der Waals surface area contributed by atoms with Gasteiger partial charge in [0.2, 0.25) is 0 Å². The summed E-state index contributed by atoms with van der Waals surface area (Å²) in [6, 6.07) is 4.76. The van der Waals surface area contributed by atoms with Crippen LogP contribution in [-0.4, -0.2) is 44.8 Å². The zero-order chi connectivity index (χ0) is 16.9. The quantitative estimate of drug-likeness (QED) is 0.402. The van der Waals surface area contributed by atoms with E-state index < -0.39 is 39.5 Å². The van der Waals surface area contributed by atoms with Gasteiger partial charge in [0.1, 0.15) is 16.7 Å². The highest BCUT2D eigenvalue weighted by Crippen LogP contribution is 2.10. The fourth-order valence-corrected chi connectivity index (χ4v) is 2.87. The predicted octanol–water partition coefficient (Wildman–Crippen LogP) is -1.78. The summed E-state index contributed by atoms with van der Waals surface area (Å²) in [4.78, 5) is 10.7. The molecule has 22 heavy (non-hydrogen) atoms. The van der Waals surface area contributed by atoms with Crippen LogP contribution in [0.1, 0.15) is 11.1 Å². The third-order valence-corrected chi connectivity index (χ3v) is 4.39. The van der Waals surface area contributed by atoms with Gasteiger partial charge in [0.25, 0.3) is 10.2 Å². The Morgan fingerprint density at radius 3 is 2.14 bits per heavy atom. The minimum absolute atomic E-state index is 0.113. The lowest BCUT2D eigenvalue weighted by molar-refractivity contribution is -0.138. The molecule has 9 nitrogen and oxygen atoms in total. The second kappa shape index (κ2) is 7.65.